The Morgan fingerprint density at radius 2 is 1.59 bits per heavy atom. The van der Waals surface area contributed by atoms with E-state index in [0.717, 1.165) is 0 Å². The molecule has 1 aliphatic heterocycles. The Balaban J connectivity index is 2.52. The second kappa shape index (κ2) is 5.04. The van der Waals surface area contributed by atoms with E-state index in [1.165, 1.54) is 0 Å². The van der Waals surface area contributed by atoms with E-state index in [1.807, 2.05) is 30.6 Å². The monoisotopic (exact) mass is 242 g/mol. The van der Waals surface area contributed by atoms with Crippen LogP contribution >= 0.6 is 0 Å². The molecule has 0 saturated carbocycles. The van der Waals surface area contributed by atoms with Crippen LogP contribution in [0.5, 0.6) is 0 Å². The van der Waals surface area contributed by atoms with Crippen LogP contribution < -0.4 is 0 Å². The molecular formula is C12H22N2O3. The molecule has 0 aromatic carbocycles. The third kappa shape index (κ3) is 3.43. The second-order valence-electron chi connectivity index (χ2n) is 5.59. The lowest BCUT2D eigenvalue weighted by molar-refractivity contribution is -0.145. The average Bonchev–Trinajstić information content (AvgIpc) is 2.26. The molecule has 17 heavy (non-hydrogen) atoms. The van der Waals surface area contributed by atoms with Crippen LogP contribution in [-0.2, 0) is 9.59 Å². The maximum atomic E-state index is 12.0. The van der Waals surface area contributed by atoms with Crippen LogP contribution in [0.2, 0.25) is 0 Å². The van der Waals surface area contributed by atoms with Crippen molar-refractivity contribution in [1.29, 1.82) is 0 Å². The van der Waals surface area contributed by atoms with Gasteiger partial charge in [0.25, 0.3) is 0 Å². The molecule has 0 bridgehead atoms. The van der Waals surface area contributed by atoms with Gasteiger partial charge in [-0.1, -0.05) is 20.8 Å². The van der Waals surface area contributed by atoms with Gasteiger partial charge in [-0.15, -0.1) is 0 Å². The minimum Gasteiger partial charge on any atom is -0.480 e. The Hall–Kier alpha value is -1.10. The number of hydrogen-bond acceptors (Lipinski definition) is 3. The smallest absolute Gasteiger partial charge is 0.320 e. The average molecular weight is 242 g/mol. The molecule has 0 aromatic rings. The predicted octanol–water partition coefficient (Wildman–Crippen LogP) is 0.650. The van der Waals surface area contributed by atoms with Crippen molar-refractivity contribution in [2.75, 3.05) is 26.2 Å². The van der Waals surface area contributed by atoms with E-state index in [9.17, 15) is 9.59 Å². The summed E-state index contributed by atoms with van der Waals surface area (Å²) in [6.07, 6.45) is 0. The van der Waals surface area contributed by atoms with E-state index in [2.05, 4.69) is 0 Å². The van der Waals surface area contributed by atoms with Gasteiger partial charge in [-0.3, -0.25) is 14.5 Å². The Bertz CT molecular complexity index is 301. The number of nitrogens with zero attached hydrogens (tertiary/aromatic N) is 2. The van der Waals surface area contributed by atoms with Crippen molar-refractivity contribution >= 4 is 11.9 Å². The van der Waals surface area contributed by atoms with Crippen LogP contribution in [0.1, 0.15) is 27.7 Å². The molecule has 5 nitrogen and oxygen atoms in total. The zero-order valence-corrected chi connectivity index (χ0v) is 11.1. The van der Waals surface area contributed by atoms with Crippen molar-refractivity contribution in [2.24, 2.45) is 5.41 Å². The summed E-state index contributed by atoms with van der Waals surface area (Å²) in [5.41, 5.74) is -0.361. The number of carbonyl (C=O) groups excluding carboxylic acids is 1. The van der Waals surface area contributed by atoms with E-state index in [-0.39, 0.29) is 11.3 Å². The Morgan fingerprint density at radius 1 is 1.12 bits per heavy atom. The van der Waals surface area contributed by atoms with E-state index in [1.54, 1.807) is 6.92 Å². The first-order valence-corrected chi connectivity index (χ1v) is 5.99. The van der Waals surface area contributed by atoms with Gasteiger partial charge in [0, 0.05) is 31.6 Å². The summed E-state index contributed by atoms with van der Waals surface area (Å²) in [6.45, 7) is 9.90. The van der Waals surface area contributed by atoms with Gasteiger partial charge in [0.2, 0.25) is 5.91 Å². The molecule has 0 spiro atoms. The quantitative estimate of drug-likeness (QED) is 0.772. The van der Waals surface area contributed by atoms with Crippen molar-refractivity contribution < 1.29 is 14.7 Å². The zero-order chi connectivity index (χ0) is 13.2. The second-order valence-corrected chi connectivity index (χ2v) is 5.59. The number of hydrogen-bond donors (Lipinski definition) is 1. The number of aliphatic carboxylic acids is 1. The van der Waals surface area contributed by atoms with E-state index < -0.39 is 12.0 Å². The molecular weight excluding hydrogens is 220 g/mol. The summed E-state index contributed by atoms with van der Waals surface area (Å²) < 4.78 is 0. The van der Waals surface area contributed by atoms with E-state index in [4.69, 9.17) is 5.11 Å². The highest BCUT2D eigenvalue weighted by Crippen LogP contribution is 2.19. The molecule has 1 heterocycles. The molecule has 1 unspecified atom stereocenters. The molecule has 1 rings (SSSR count). The summed E-state index contributed by atoms with van der Waals surface area (Å²) in [5.74, 6) is -0.666. The van der Waals surface area contributed by atoms with Crippen LogP contribution in [0, 0.1) is 5.41 Å². The fourth-order valence-corrected chi connectivity index (χ4v) is 1.94. The lowest BCUT2D eigenvalue weighted by atomic mass is 9.94. The first kappa shape index (κ1) is 14.0. The molecule has 1 amide bonds. The minimum absolute atomic E-state index is 0.139. The van der Waals surface area contributed by atoms with Crippen LogP contribution in [0.25, 0.3) is 0 Å². The van der Waals surface area contributed by atoms with Gasteiger partial charge in [0.05, 0.1) is 0 Å². The first-order valence-electron chi connectivity index (χ1n) is 5.99. The molecule has 1 saturated heterocycles. The fraction of sp³-hybridized carbons (Fsp3) is 0.833. The minimum atomic E-state index is -0.805. The number of amides is 1. The molecule has 98 valence electrons. The highest BCUT2D eigenvalue weighted by atomic mass is 16.4. The maximum Gasteiger partial charge on any atom is 0.320 e. The van der Waals surface area contributed by atoms with Crippen molar-refractivity contribution in [3.63, 3.8) is 0 Å². The molecule has 5 heteroatoms. The van der Waals surface area contributed by atoms with Gasteiger partial charge in [-0.05, 0) is 6.92 Å². The number of rotatable bonds is 2. The molecule has 0 aromatic heterocycles. The lowest BCUT2D eigenvalue weighted by Crippen LogP contribution is -2.54. The summed E-state index contributed by atoms with van der Waals surface area (Å²) >= 11 is 0. The predicted molar refractivity (Wildman–Crippen MR) is 64.7 cm³/mol. The summed E-state index contributed by atoms with van der Waals surface area (Å²) in [4.78, 5) is 26.6. The number of carbonyl (C=O) groups is 2. The molecule has 0 aliphatic carbocycles. The van der Waals surface area contributed by atoms with Crippen molar-refractivity contribution in [2.45, 2.75) is 33.7 Å². The molecule has 1 aliphatic rings. The molecule has 0 radical (unpaired) electrons. The molecule has 1 N–H and O–H groups in total. The normalized spacial score (nSPS) is 20.1. The van der Waals surface area contributed by atoms with Gasteiger partial charge < -0.3 is 10.0 Å². The zero-order valence-electron chi connectivity index (χ0n) is 11.1. The third-order valence-corrected chi connectivity index (χ3v) is 3.15. The summed E-state index contributed by atoms with van der Waals surface area (Å²) in [5, 5.41) is 8.92. The first-order chi connectivity index (χ1) is 7.73. The van der Waals surface area contributed by atoms with Crippen molar-refractivity contribution in [3.8, 4) is 0 Å². The SMILES string of the molecule is CC(C(=O)O)N1CCN(C(=O)C(C)(C)C)CC1. The standard InChI is InChI=1S/C12H22N2O3/c1-9(10(15)16)13-5-7-14(8-6-13)11(17)12(2,3)4/h9H,5-8H2,1-4H3,(H,15,16). The van der Waals surface area contributed by atoms with Crippen molar-refractivity contribution in [3.05, 3.63) is 0 Å². The third-order valence-electron chi connectivity index (χ3n) is 3.15. The van der Waals surface area contributed by atoms with Crippen LogP contribution in [0.4, 0.5) is 0 Å². The number of piperazine rings is 1. The fourth-order valence-electron chi connectivity index (χ4n) is 1.94. The topological polar surface area (TPSA) is 60.9 Å². The lowest BCUT2D eigenvalue weighted by Gasteiger charge is -2.39. The van der Waals surface area contributed by atoms with Gasteiger partial charge in [0.15, 0.2) is 0 Å². The largest absolute Gasteiger partial charge is 0.480 e. The van der Waals surface area contributed by atoms with Gasteiger partial charge in [-0.2, -0.15) is 0 Å². The van der Waals surface area contributed by atoms with Gasteiger partial charge >= 0.3 is 5.97 Å². The summed E-state index contributed by atoms with van der Waals surface area (Å²) in [7, 11) is 0. The Labute approximate surface area is 102 Å². The Morgan fingerprint density at radius 3 is 1.94 bits per heavy atom. The van der Waals surface area contributed by atoms with Crippen LogP contribution in [-0.4, -0.2) is 59.0 Å². The molecule has 1 atom stereocenters. The summed E-state index contributed by atoms with van der Waals surface area (Å²) in [6, 6.07) is -0.470. The van der Waals surface area contributed by atoms with Crippen LogP contribution in [0.15, 0.2) is 0 Å². The van der Waals surface area contributed by atoms with E-state index in [0.29, 0.717) is 26.2 Å². The van der Waals surface area contributed by atoms with Crippen molar-refractivity contribution in [1.82, 2.24) is 9.80 Å². The van der Waals surface area contributed by atoms with Gasteiger partial charge in [-0.25, -0.2) is 0 Å². The number of carboxylic acid groups (broad SMARTS) is 1. The Kier molecular flexibility index (Phi) is 4.14. The highest BCUT2D eigenvalue weighted by Gasteiger charge is 2.31. The maximum absolute atomic E-state index is 12.0. The van der Waals surface area contributed by atoms with Crippen LogP contribution in [0.3, 0.4) is 0 Å². The highest BCUT2D eigenvalue weighted by molar-refractivity contribution is 5.81. The van der Waals surface area contributed by atoms with E-state index >= 15 is 0 Å². The number of carboxylic acids is 1. The molecule has 1 fully saturated rings. The van der Waals surface area contributed by atoms with Gasteiger partial charge in [0.1, 0.15) is 6.04 Å².